The Bertz CT molecular complexity index is 1030. The van der Waals surface area contributed by atoms with E-state index >= 15 is 0 Å². The first-order valence-electron chi connectivity index (χ1n) is 21.6. The number of phosphoric acid groups is 1. The van der Waals surface area contributed by atoms with Crippen LogP contribution in [-0.2, 0) is 56.1 Å². The number of carbonyl (C=O) groups is 4. The third-order valence-electron chi connectivity index (χ3n) is 8.93. The van der Waals surface area contributed by atoms with Crippen LogP contribution in [0.3, 0.4) is 0 Å². The van der Waals surface area contributed by atoms with Crippen molar-refractivity contribution in [3.63, 3.8) is 0 Å². The minimum absolute atomic E-state index is 0.0219. The fourth-order valence-corrected chi connectivity index (χ4v) is 6.69. The normalized spacial score (nSPS) is 13.3. The highest BCUT2D eigenvalue weighted by molar-refractivity contribution is 7.48. The van der Waals surface area contributed by atoms with Crippen LogP contribution in [0, 0.1) is 0 Å². The average molecular weight is 825 g/mol. The summed E-state index contributed by atoms with van der Waals surface area (Å²) in [5, 5.41) is 0. The first kappa shape index (κ1) is 53.6. The molecular formula is C41H77O14P. The second kappa shape index (κ2) is 38.1. The van der Waals surface area contributed by atoms with Crippen LogP contribution in [0.2, 0.25) is 0 Å². The van der Waals surface area contributed by atoms with E-state index in [4.69, 9.17) is 42.0 Å². The summed E-state index contributed by atoms with van der Waals surface area (Å²) in [5.74, 6) is -0.929. The molecule has 0 bridgehead atoms. The van der Waals surface area contributed by atoms with Gasteiger partial charge >= 0.3 is 32.1 Å². The van der Waals surface area contributed by atoms with Crippen molar-refractivity contribution in [2.75, 3.05) is 46.8 Å². The third-order valence-corrected chi connectivity index (χ3v) is 10.3. The third kappa shape index (κ3) is 33.7. The largest absolute Gasteiger partial charge is 0.508 e. The molecule has 0 aromatic rings. The zero-order chi connectivity index (χ0) is 41.5. The Balaban J connectivity index is 5.06. The minimum atomic E-state index is -4.34. The Hall–Kier alpha value is -2.41. The molecule has 0 aromatic heterocycles. The number of esters is 2. The van der Waals surface area contributed by atoms with E-state index in [0.29, 0.717) is 12.8 Å². The van der Waals surface area contributed by atoms with Gasteiger partial charge in [-0.2, -0.15) is 0 Å². The quantitative estimate of drug-likeness (QED) is 0.0248. The van der Waals surface area contributed by atoms with Crippen LogP contribution in [-0.4, -0.2) is 83.2 Å². The molecule has 0 radical (unpaired) electrons. The summed E-state index contributed by atoms with van der Waals surface area (Å²) in [5.41, 5.74) is 0. The van der Waals surface area contributed by atoms with Gasteiger partial charge in [-0.25, -0.2) is 14.2 Å². The van der Waals surface area contributed by atoms with Gasteiger partial charge in [0, 0.05) is 20.0 Å². The van der Waals surface area contributed by atoms with Crippen LogP contribution in [0.4, 0.5) is 9.59 Å². The molecule has 0 rings (SSSR count). The van der Waals surface area contributed by atoms with Crippen molar-refractivity contribution < 1.29 is 65.7 Å². The smallest absolute Gasteiger partial charge is 0.462 e. The first-order valence-corrected chi connectivity index (χ1v) is 23.0. The molecule has 0 fully saturated rings. The van der Waals surface area contributed by atoms with Crippen molar-refractivity contribution in [1.82, 2.24) is 0 Å². The summed E-state index contributed by atoms with van der Waals surface area (Å²) in [6.07, 6.45) is 21.2. The molecule has 0 amide bonds. The number of ether oxygens (including phenoxy) is 6. The lowest BCUT2D eigenvalue weighted by atomic mass is 10.1. The summed E-state index contributed by atoms with van der Waals surface area (Å²) in [6.45, 7) is 5.80. The molecule has 3 atom stereocenters. The molecule has 0 aliphatic heterocycles. The van der Waals surface area contributed by atoms with Crippen molar-refractivity contribution in [2.24, 2.45) is 0 Å². The van der Waals surface area contributed by atoms with Crippen molar-refractivity contribution >= 4 is 32.1 Å². The molecule has 0 saturated heterocycles. The fourth-order valence-electron chi connectivity index (χ4n) is 5.70. The molecule has 0 heterocycles. The van der Waals surface area contributed by atoms with E-state index in [0.717, 1.165) is 45.6 Å². The predicted molar refractivity (Wildman–Crippen MR) is 214 cm³/mol. The number of hydrogen-bond donors (Lipinski definition) is 0. The lowest BCUT2D eigenvalue weighted by Gasteiger charge is -2.23. The first-order chi connectivity index (χ1) is 27.1. The summed E-state index contributed by atoms with van der Waals surface area (Å²) < 4.78 is 59.8. The van der Waals surface area contributed by atoms with E-state index in [1.807, 2.05) is 0 Å². The molecule has 0 saturated carbocycles. The highest BCUT2D eigenvalue weighted by atomic mass is 31.2. The fraction of sp³-hybridized carbons (Fsp3) is 0.902. The maximum Gasteiger partial charge on any atom is 0.508 e. The van der Waals surface area contributed by atoms with Gasteiger partial charge in [-0.15, -0.1) is 0 Å². The SMILES string of the molecule is CCCCCCCCCCCCCC(=O)OC[C@H](COP(=O)(OC)OCC(COC(=O)OCC)OC(=O)OCC)OC(=O)CCCCCCCCCCCCC. The molecule has 330 valence electrons. The van der Waals surface area contributed by atoms with Gasteiger partial charge in [0.15, 0.2) is 12.2 Å². The second-order valence-corrected chi connectivity index (χ2v) is 15.8. The zero-order valence-electron chi connectivity index (χ0n) is 35.5. The van der Waals surface area contributed by atoms with E-state index in [-0.39, 0.29) is 32.7 Å². The summed E-state index contributed by atoms with van der Waals surface area (Å²) >= 11 is 0. The van der Waals surface area contributed by atoms with E-state index in [1.54, 1.807) is 13.8 Å². The molecule has 56 heavy (non-hydrogen) atoms. The van der Waals surface area contributed by atoms with E-state index in [2.05, 4.69) is 13.8 Å². The maximum atomic E-state index is 13.4. The van der Waals surface area contributed by atoms with Gasteiger partial charge in [0.1, 0.15) is 13.2 Å². The monoisotopic (exact) mass is 825 g/mol. The molecule has 0 aromatic carbocycles. The van der Waals surface area contributed by atoms with Gasteiger partial charge in [0.05, 0.1) is 26.4 Å². The van der Waals surface area contributed by atoms with Gasteiger partial charge in [0.2, 0.25) is 0 Å². The highest BCUT2D eigenvalue weighted by Gasteiger charge is 2.31. The number of carbonyl (C=O) groups excluding carboxylic acids is 4. The number of unbranched alkanes of at least 4 members (excludes halogenated alkanes) is 20. The van der Waals surface area contributed by atoms with Crippen molar-refractivity contribution in [1.29, 1.82) is 0 Å². The molecule has 15 heteroatoms. The maximum absolute atomic E-state index is 13.4. The average Bonchev–Trinajstić information content (AvgIpc) is 3.18. The second-order valence-electron chi connectivity index (χ2n) is 14.0. The van der Waals surface area contributed by atoms with Crippen LogP contribution in [0.5, 0.6) is 0 Å². The molecule has 14 nitrogen and oxygen atoms in total. The number of phosphoric ester groups is 1. The van der Waals surface area contributed by atoms with Gasteiger partial charge in [-0.05, 0) is 26.7 Å². The van der Waals surface area contributed by atoms with Crippen LogP contribution in [0.25, 0.3) is 0 Å². The van der Waals surface area contributed by atoms with Crippen LogP contribution in [0.1, 0.15) is 182 Å². The minimum Gasteiger partial charge on any atom is -0.462 e. The molecule has 0 spiro atoms. The van der Waals surface area contributed by atoms with Crippen LogP contribution < -0.4 is 0 Å². The van der Waals surface area contributed by atoms with E-state index < -0.39 is 64.1 Å². The predicted octanol–water partition coefficient (Wildman–Crippen LogP) is 11.3. The Morgan fingerprint density at radius 2 is 0.804 bits per heavy atom. The summed E-state index contributed by atoms with van der Waals surface area (Å²) in [4.78, 5) is 49.0. The Morgan fingerprint density at radius 1 is 0.429 bits per heavy atom. The van der Waals surface area contributed by atoms with Crippen LogP contribution >= 0.6 is 7.82 Å². The van der Waals surface area contributed by atoms with E-state index in [9.17, 15) is 23.7 Å². The zero-order valence-corrected chi connectivity index (χ0v) is 36.4. The van der Waals surface area contributed by atoms with Crippen molar-refractivity contribution in [3.05, 3.63) is 0 Å². The molecule has 0 aliphatic rings. The Labute approximate surface area is 338 Å². The van der Waals surface area contributed by atoms with Crippen molar-refractivity contribution in [2.45, 2.75) is 194 Å². The van der Waals surface area contributed by atoms with Gasteiger partial charge in [0.25, 0.3) is 0 Å². The lowest BCUT2D eigenvalue weighted by molar-refractivity contribution is -0.161. The Morgan fingerprint density at radius 3 is 1.23 bits per heavy atom. The highest BCUT2D eigenvalue weighted by Crippen LogP contribution is 2.49. The molecular weight excluding hydrogens is 747 g/mol. The molecule has 0 N–H and O–H groups in total. The van der Waals surface area contributed by atoms with Crippen LogP contribution in [0.15, 0.2) is 0 Å². The molecule has 0 aliphatic carbocycles. The van der Waals surface area contributed by atoms with E-state index in [1.165, 1.54) is 89.9 Å². The molecule has 2 unspecified atom stereocenters. The number of hydrogen-bond acceptors (Lipinski definition) is 14. The Kier molecular flexibility index (Phi) is 36.5. The van der Waals surface area contributed by atoms with Gasteiger partial charge < -0.3 is 28.4 Å². The number of rotatable bonds is 39. The van der Waals surface area contributed by atoms with Gasteiger partial charge in [-0.1, -0.05) is 142 Å². The van der Waals surface area contributed by atoms with Gasteiger partial charge in [-0.3, -0.25) is 23.2 Å². The summed E-state index contributed by atoms with van der Waals surface area (Å²) in [6, 6.07) is 0. The van der Waals surface area contributed by atoms with Crippen molar-refractivity contribution in [3.8, 4) is 0 Å². The lowest BCUT2D eigenvalue weighted by Crippen LogP contribution is -2.31. The topological polar surface area (TPSA) is 168 Å². The summed E-state index contributed by atoms with van der Waals surface area (Å²) in [7, 11) is -3.26. The standard InChI is InChI=1S/C41H77O14P/c1-6-10-12-14-16-18-20-22-24-26-28-30-38(42)50-32-36(54-39(43)31-29-27-25-23-21-19-17-15-13-11-7-2)34-52-56(46,47-5)53-35-37(55-41(45)49-9-4)33-51-40(44)48-8-3/h36-37H,6-35H2,1-5H3/t36-,37?,56?/m1/s1.